The first-order valence-corrected chi connectivity index (χ1v) is 10.1. The van der Waals surface area contributed by atoms with Crippen LogP contribution in [0.4, 0.5) is 0 Å². The molecule has 24 heavy (non-hydrogen) atoms. The van der Waals surface area contributed by atoms with Gasteiger partial charge in [0.2, 0.25) is 5.79 Å². The fourth-order valence-electron chi connectivity index (χ4n) is 9.51. The van der Waals surface area contributed by atoms with Gasteiger partial charge in [-0.3, -0.25) is 0 Å². The van der Waals surface area contributed by atoms with Gasteiger partial charge in [-0.25, -0.2) is 0 Å². The molecule has 0 heterocycles. The highest BCUT2D eigenvalue weighted by molar-refractivity contribution is 5.26. The number of rotatable bonds is 1. The van der Waals surface area contributed by atoms with Crippen molar-refractivity contribution in [2.45, 2.75) is 81.7 Å². The molecule has 0 saturated heterocycles. The van der Waals surface area contributed by atoms with Crippen LogP contribution in [0, 0.1) is 40.4 Å². The van der Waals surface area contributed by atoms with Crippen LogP contribution in [0.3, 0.4) is 0 Å². The molecule has 5 unspecified atom stereocenters. The first-order valence-electron chi connectivity index (χ1n) is 10.1. The fourth-order valence-corrected chi connectivity index (χ4v) is 9.51. The molecule has 0 radical (unpaired) electrons. The second kappa shape index (κ2) is 4.05. The Morgan fingerprint density at radius 2 is 1.21 bits per heavy atom. The van der Waals surface area contributed by atoms with E-state index in [2.05, 4.69) is 0 Å². The van der Waals surface area contributed by atoms with E-state index >= 15 is 0 Å². The van der Waals surface area contributed by atoms with Gasteiger partial charge in [0.05, 0.1) is 6.10 Å². The number of hydrogen-bond donors (Lipinski definition) is 4. The van der Waals surface area contributed by atoms with E-state index < -0.39 is 22.9 Å². The quantitative estimate of drug-likeness (QED) is 0.551. The molecule has 8 rings (SSSR count). The van der Waals surface area contributed by atoms with E-state index in [4.69, 9.17) is 0 Å². The van der Waals surface area contributed by atoms with E-state index in [-0.39, 0.29) is 11.3 Å². The van der Waals surface area contributed by atoms with Crippen LogP contribution in [-0.2, 0) is 0 Å². The van der Waals surface area contributed by atoms with Crippen LogP contribution in [0.15, 0.2) is 0 Å². The summed E-state index contributed by atoms with van der Waals surface area (Å²) >= 11 is 0. The first-order chi connectivity index (χ1) is 11.3. The lowest BCUT2D eigenvalue weighted by atomic mass is 9.32. The standard InChI is InChI=1S/C20H30O4/c21-16-15-4-14-8-18(10-15,20(23,24)19(16,22)9-14)17-5-11-1-12(6-17)3-13(2-11)7-17/h11-16,21-24H,1-10H2. The summed E-state index contributed by atoms with van der Waals surface area (Å²) in [5, 5.41) is 44.6. The molecule has 0 spiro atoms. The molecular weight excluding hydrogens is 304 g/mol. The normalized spacial score (nSPS) is 65.5. The summed E-state index contributed by atoms with van der Waals surface area (Å²) in [6, 6.07) is 0. The highest BCUT2D eigenvalue weighted by Crippen LogP contribution is 2.77. The Hall–Kier alpha value is -0.160. The zero-order chi connectivity index (χ0) is 16.5. The Morgan fingerprint density at radius 3 is 1.79 bits per heavy atom. The van der Waals surface area contributed by atoms with Crippen molar-refractivity contribution in [1.29, 1.82) is 0 Å². The van der Waals surface area contributed by atoms with Crippen molar-refractivity contribution in [2.75, 3.05) is 0 Å². The zero-order valence-electron chi connectivity index (χ0n) is 14.3. The Labute approximate surface area is 143 Å². The van der Waals surface area contributed by atoms with Gasteiger partial charge in [0.1, 0.15) is 5.60 Å². The third kappa shape index (κ3) is 1.38. The summed E-state index contributed by atoms with van der Waals surface area (Å²) < 4.78 is 0. The van der Waals surface area contributed by atoms with E-state index in [1.807, 2.05) is 0 Å². The minimum Gasteiger partial charge on any atom is -0.390 e. The van der Waals surface area contributed by atoms with Crippen LogP contribution in [0.25, 0.3) is 0 Å². The predicted molar refractivity (Wildman–Crippen MR) is 86.6 cm³/mol. The maximum absolute atomic E-state index is 11.4. The number of aliphatic hydroxyl groups excluding tert-OH is 1. The number of aliphatic hydroxyl groups is 4. The molecule has 8 aliphatic carbocycles. The van der Waals surface area contributed by atoms with Crippen LogP contribution in [0.5, 0.6) is 0 Å². The topological polar surface area (TPSA) is 80.9 Å². The van der Waals surface area contributed by atoms with Crippen LogP contribution < -0.4 is 0 Å². The third-order valence-electron chi connectivity index (χ3n) is 9.74. The molecule has 8 fully saturated rings. The lowest BCUT2D eigenvalue weighted by molar-refractivity contribution is -0.444. The van der Waals surface area contributed by atoms with Crippen molar-refractivity contribution in [3.8, 4) is 0 Å². The van der Waals surface area contributed by atoms with Crippen molar-refractivity contribution in [3.63, 3.8) is 0 Å². The molecule has 0 aliphatic heterocycles. The summed E-state index contributed by atoms with van der Waals surface area (Å²) in [6.07, 6.45) is 9.22. The molecule has 8 saturated carbocycles. The van der Waals surface area contributed by atoms with Crippen LogP contribution in [-0.4, -0.2) is 37.9 Å². The van der Waals surface area contributed by atoms with E-state index in [1.165, 1.54) is 19.3 Å². The van der Waals surface area contributed by atoms with Crippen LogP contribution in [0.1, 0.15) is 64.2 Å². The van der Waals surface area contributed by atoms with Gasteiger partial charge in [0.15, 0.2) is 0 Å². The number of hydrogen-bond acceptors (Lipinski definition) is 4. The van der Waals surface area contributed by atoms with Gasteiger partial charge in [0.25, 0.3) is 0 Å². The Morgan fingerprint density at radius 1 is 0.625 bits per heavy atom. The highest BCUT2D eigenvalue weighted by Gasteiger charge is 2.80. The van der Waals surface area contributed by atoms with Gasteiger partial charge in [-0.15, -0.1) is 0 Å². The molecule has 8 bridgehead atoms. The maximum Gasteiger partial charge on any atom is 0.201 e. The third-order valence-corrected chi connectivity index (χ3v) is 9.74. The Balaban J connectivity index is 1.53. The van der Waals surface area contributed by atoms with Gasteiger partial charge in [-0.1, -0.05) is 0 Å². The van der Waals surface area contributed by atoms with Crippen molar-refractivity contribution in [3.05, 3.63) is 0 Å². The monoisotopic (exact) mass is 334 g/mol. The first kappa shape index (κ1) is 15.0. The van der Waals surface area contributed by atoms with Crippen LogP contribution in [0.2, 0.25) is 0 Å². The van der Waals surface area contributed by atoms with Crippen molar-refractivity contribution in [2.24, 2.45) is 40.4 Å². The van der Waals surface area contributed by atoms with Crippen LogP contribution >= 0.6 is 0 Å². The fraction of sp³-hybridized carbons (Fsp3) is 1.00. The predicted octanol–water partition coefficient (Wildman–Crippen LogP) is 1.80. The molecule has 0 aromatic heterocycles. The molecule has 0 aromatic rings. The van der Waals surface area contributed by atoms with Gasteiger partial charge >= 0.3 is 0 Å². The van der Waals surface area contributed by atoms with Crippen molar-refractivity contribution >= 4 is 0 Å². The lowest BCUT2D eigenvalue weighted by Gasteiger charge is -2.75. The van der Waals surface area contributed by atoms with E-state index in [0.29, 0.717) is 18.8 Å². The summed E-state index contributed by atoms with van der Waals surface area (Å²) in [7, 11) is 0. The second-order valence-corrected chi connectivity index (χ2v) is 10.8. The summed E-state index contributed by atoms with van der Waals surface area (Å²) in [4.78, 5) is 0. The largest absolute Gasteiger partial charge is 0.390 e. The second-order valence-electron chi connectivity index (χ2n) is 10.8. The SMILES string of the molecule is OC1C2CC3CC1(O)C(O)(O)C(C14CC5CC(CC(C5)C1)C4)(C3)C2. The average molecular weight is 334 g/mol. The van der Waals surface area contributed by atoms with E-state index in [0.717, 1.165) is 49.9 Å². The minimum atomic E-state index is -2.14. The van der Waals surface area contributed by atoms with Gasteiger partial charge in [0, 0.05) is 5.41 Å². The van der Waals surface area contributed by atoms with Crippen molar-refractivity contribution < 1.29 is 20.4 Å². The Kier molecular flexibility index (Phi) is 2.53. The molecule has 0 amide bonds. The highest BCUT2D eigenvalue weighted by atomic mass is 16.5. The van der Waals surface area contributed by atoms with E-state index in [9.17, 15) is 20.4 Å². The maximum atomic E-state index is 11.4. The molecule has 0 aromatic carbocycles. The van der Waals surface area contributed by atoms with Crippen molar-refractivity contribution in [1.82, 2.24) is 0 Å². The Bertz CT molecular complexity index is 565. The van der Waals surface area contributed by atoms with E-state index in [1.54, 1.807) is 0 Å². The molecule has 134 valence electrons. The molecule has 8 aliphatic rings. The summed E-state index contributed by atoms with van der Waals surface area (Å²) in [6.45, 7) is 0. The minimum absolute atomic E-state index is 0.0172. The average Bonchev–Trinajstić information content (AvgIpc) is 2.49. The summed E-state index contributed by atoms with van der Waals surface area (Å²) in [5.41, 5.74) is -2.34. The molecule has 4 N–H and O–H groups in total. The molecular formula is C20H30O4. The smallest absolute Gasteiger partial charge is 0.201 e. The molecule has 5 atom stereocenters. The zero-order valence-corrected chi connectivity index (χ0v) is 14.3. The molecule has 4 heteroatoms. The van der Waals surface area contributed by atoms with Gasteiger partial charge in [-0.05, 0) is 99.2 Å². The molecule has 4 nitrogen and oxygen atoms in total. The van der Waals surface area contributed by atoms with Gasteiger partial charge in [-0.2, -0.15) is 0 Å². The van der Waals surface area contributed by atoms with Gasteiger partial charge < -0.3 is 20.4 Å². The summed E-state index contributed by atoms with van der Waals surface area (Å²) in [5.74, 6) is 0.498. The lowest BCUT2D eigenvalue weighted by Crippen LogP contribution is -2.83.